The third-order valence-corrected chi connectivity index (χ3v) is 7.60. The van der Waals surface area contributed by atoms with Crippen LogP contribution in [0, 0.1) is 0 Å². The Bertz CT molecular complexity index is 1100. The van der Waals surface area contributed by atoms with Gasteiger partial charge in [0, 0.05) is 5.56 Å². The van der Waals surface area contributed by atoms with Crippen LogP contribution in [0.1, 0.15) is 18.9 Å². The van der Waals surface area contributed by atoms with Crippen molar-refractivity contribution in [1.82, 2.24) is 0 Å². The van der Waals surface area contributed by atoms with E-state index < -0.39 is 7.37 Å². The molecule has 0 aromatic heterocycles. The molecule has 0 fully saturated rings. The van der Waals surface area contributed by atoms with Crippen molar-refractivity contribution in [1.29, 1.82) is 0 Å². The van der Waals surface area contributed by atoms with Crippen molar-refractivity contribution in [3.05, 3.63) is 102 Å². The molecular formula is C25H23O3P. The van der Waals surface area contributed by atoms with E-state index in [-0.39, 0.29) is 0 Å². The van der Waals surface area contributed by atoms with Gasteiger partial charge in [-0.15, -0.1) is 6.58 Å². The fourth-order valence-corrected chi connectivity index (χ4v) is 6.07. The topological polar surface area (TPSA) is 35.5 Å². The minimum atomic E-state index is -3.32. The largest absolute Gasteiger partial charge is 0.455 e. The van der Waals surface area contributed by atoms with Gasteiger partial charge in [0.05, 0.1) is 17.2 Å². The summed E-state index contributed by atoms with van der Waals surface area (Å²) in [6, 6.07) is 25.6. The monoisotopic (exact) mass is 402 g/mol. The molecule has 4 rings (SSSR count). The molecule has 0 amide bonds. The molecule has 1 heterocycles. The molecule has 4 heteroatoms. The van der Waals surface area contributed by atoms with Crippen LogP contribution in [-0.4, -0.2) is 6.61 Å². The first kappa shape index (κ1) is 19.4. The van der Waals surface area contributed by atoms with E-state index in [0.717, 1.165) is 16.7 Å². The zero-order valence-corrected chi connectivity index (χ0v) is 17.3. The number of benzene rings is 3. The SMILES string of the molecule is C=CCC1=C(c2ccccc2)Oc2ccc(-c3ccccc3)cc2P1(=O)OCC. The van der Waals surface area contributed by atoms with Gasteiger partial charge < -0.3 is 9.26 Å². The summed E-state index contributed by atoms with van der Waals surface area (Å²) in [5.41, 5.74) is 2.91. The summed E-state index contributed by atoms with van der Waals surface area (Å²) in [5, 5.41) is 1.26. The molecule has 0 aliphatic carbocycles. The van der Waals surface area contributed by atoms with Crippen LogP contribution in [0.5, 0.6) is 5.75 Å². The Morgan fingerprint density at radius 2 is 1.59 bits per heavy atom. The lowest BCUT2D eigenvalue weighted by Gasteiger charge is -2.30. The van der Waals surface area contributed by atoms with Gasteiger partial charge in [0.1, 0.15) is 11.5 Å². The molecule has 1 atom stereocenters. The standard InChI is InChI=1S/C25H23O3P/c1-3-11-23-25(20-14-9-6-10-15-20)28-22-17-16-21(19-12-7-5-8-13-19)18-24(22)29(23,26)27-4-2/h3,5-10,12-18H,1,4,11H2,2H3. The fourth-order valence-electron chi connectivity index (χ4n) is 3.59. The molecule has 1 unspecified atom stereocenters. The molecule has 3 nitrogen and oxygen atoms in total. The van der Waals surface area contributed by atoms with Crippen LogP contribution in [-0.2, 0) is 9.09 Å². The molecule has 29 heavy (non-hydrogen) atoms. The van der Waals surface area contributed by atoms with E-state index in [1.807, 2.05) is 85.8 Å². The molecule has 0 radical (unpaired) electrons. The second kappa shape index (κ2) is 8.24. The van der Waals surface area contributed by atoms with Gasteiger partial charge in [0.25, 0.3) is 7.37 Å². The third kappa shape index (κ3) is 3.60. The lowest BCUT2D eigenvalue weighted by Crippen LogP contribution is -2.20. The Kier molecular flexibility index (Phi) is 5.53. The van der Waals surface area contributed by atoms with Crippen LogP contribution in [0.2, 0.25) is 0 Å². The smallest absolute Gasteiger partial charge is 0.265 e. The van der Waals surface area contributed by atoms with Crippen molar-refractivity contribution in [2.24, 2.45) is 0 Å². The lowest BCUT2D eigenvalue weighted by atomic mass is 10.1. The van der Waals surface area contributed by atoms with E-state index in [4.69, 9.17) is 9.26 Å². The van der Waals surface area contributed by atoms with Crippen molar-refractivity contribution in [2.45, 2.75) is 13.3 Å². The normalized spacial score (nSPS) is 18.1. The van der Waals surface area contributed by atoms with E-state index in [2.05, 4.69) is 6.58 Å². The van der Waals surface area contributed by atoms with Gasteiger partial charge in [-0.1, -0.05) is 72.8 Å². The van der Waals surface area contributed by atoms with Gasteiger partial charge in [-0.25, -0.2) is 0 Å². The average molecular weight is 402 g/mol. The van der Waals surface area contributed by atoms with Gasteiger partial charge in [-0.05, 0) is 36.6 Å². The van der Waals surface area contributed by atoms with Gasteiger partial charge in [0.2, 0.25) is 0 Å². The van der Waals surface area contributed by atoms with Gasteiger partial charge >= 0.3 is 0 Å². The van der Waals surface area contributed by atoms with Crippen molar-refractivity contribution in [3.63, 3.8) is 0 Å². The molecule has 0 N–H and O–H groups in total. The minimum Gasteiger partial charge on any atom is -0.455 e. The highest BCUT2D eigenvalue weighted by atomic mass is 31.2. The quantitative estimate of drug-likeness (QED) is 0.343. The Labute approximate surface area is 171 Å². The third-order valence-electron chi connectivity index (χ3n) is 4.90. The van der Waals surface area contributed by atoms with E-state index in [1.54, 1.807) is 6.08 Å². The minimum absolute atomic E-state index is 0.342. The Balaban J connectivity index is 1.93. The van der Waals surface area contributed by atoms with Crippen molar-refractivity contribution < 1.29 is 13.8 Å². The van der Waals surface area contributed by atoms with Crippen molar-refractivity contribution in [2.75, 3.05) is 6.61 Å². The highest BCUT2D eigenvalue weighted by Crippen LogP contribution is 2.62. The zero-order chi connectivity index (χ0) is 20.3. The predicted molar refractivity (Wildman–Crippen MR) is 120 cm³/mol. The first-order valence-corrected chi connectivity index (χ1v) is 11.3. The van der Waals surface area contributed by atoms with Crippen LogP contribution in [0.3, 0.4) is 0 Å². The van der Waals surface area contributed by atoms with E-state index in [1.165, 1.54) is 0 Å². The van der Waals surface area contributed by atoms with Crippen molar-refractivity contribution >= 4 is 18.4 Å². The summed E-state index contributed by atoms with van der Waals surface area (Å²) in [6.45, 7) is 6.07. The van der Waals surface area contributed by atoms with Crippen LogP contribution >= 0.6 is 7.37 Å². The van der Waals surface area contributed by atoms with E-state index in [0.29, 0.717) is 35.2 Å². The number of hydrogen-bond acceptors (Lipinski definition) is 3. The summed E-state index contributed by atoms with van der Waals surface area (Å²) in [6.07, 6.45) is 2.18. The first-order chi connectivity index (χ1) is 14.2. The highest BCUT2D eigenvalue weighted by Gasteiger charge is 2.40. The molecule has 3 aromatic rings. The summed E-state index contributed by atoms with van der Waals surface area (Å²) in [5.74, 6) is 1.18. The lowest BCUT2D eigenvalue weighted by molar-refractivity contribution is 0.342. The summed E-state index contributed by atoms with van der Waals surface area (Å²) >= 11 is 0. The molecule has 1 aliphatic heterocycles. The number of allylic oxidation sites excluding steroid dienone is 2. The van der Waals surface area contributed by atoms with Crippen LogP contribution in [0.4, 0.5) is 0 Å². The van der Waals surface area contributed by atoms with Gasteiger partial charge in [0.15, 0.2) is 0 Å². The predicted octanol–water partition coefficient (Wildman–Crippen LogP) is 6.63. The number of rotatable bonds is 6. The number of hydrogen-bond donors (Lipinski definition) is 0. The second-order valence-corrected chi connectivity index (χ2v) is 9.14. The van der Waals surface area contributed by atoms with Gasteiger partial charge in [-0.3, -0.25) is 4.57 Å². The maximum absolute atomic E-state index is 14.3. The summed E-state index contributed by atoms with van der Waals surface area (Å²) < 4.78 is 26.6. The summed E-state index contributed by atoms with van der Waals surface area (Å²) in [4.78, 5) is 0. The van der Waals surface area contributed by atoms with Crippen LogP contribution in [0.25, 0.3) is 16.9 Å². The van der Waals surface area contributed by atoms with E-state index in [9.17, 15) is 4.57 Å². The zero-order valence-electron chi connectivity index (χ0n) is 16.4. The van der Waals surface area contributed by atoms with Crippen LogP contribution in [0.15, 0.2) is 96.8 Å². The molecule has 0 saturated carbocycles. The number of fused-ring (bicyclic) bond motifs is 1. The summed E-state index contributed by atoms with van der Waals surface area (Å²) in [7, 11) is -3.32. The first-order valence-electron chi connectivity index (χ1n) is 9.70. The average Bonchev–Trinajstić information content (AvgIpc) is 2.77. The Morgan fingerprint density at radius 1 is 0.931 bits per heavy atom. The van der Waals surface area contributed by atoms with Gasteiger partial charge in [-0.2, -0.15) is 0 Å². The maximum atomic E-state index is 14.3. The van der Waals surface area contributed by atoms with Crippen molar-refractivity contribution in [3.8, 4) is 16.9 Å². The molecule has 0 saturated heterocycles. The maximum Gasteiger partial charge on any atom is 0.265 e. The molecule has 146 valence electrons. The molecular weight excluding hydrogens is 379 g/mol. The fraction of sp³-hybridized carbons (Fsp3) is 0.120. The second-order valence-electron chi connectivity index (χ2n) is 6.75. The Morgan fingerprint density at radius 3 is 2.21 bits per heavy atom. The highest BCUT2D eigenvalue weighted by molar-refractivity contribution is 7.71. The molecule has 3 aromatic carbocycles. The molecule has 1 aliphatic rings. The van der Waals surface area contributed by atoms with E-state index >= 15 is 0 Å². The molecule has 0 bridgehead atoms. The Hall–Kier alpha value is -2.87. The number of ether oxygens (including phenoxy) is 1. The van der Waals surface area contributed by atoms with Crippen LogP contribution < -0.4 is 10.0 Å². The molecule has 0 spiro atoms.